The summed E-state index contributed by atoms with van der Waals surface area (Å²) in [6.45, 7) is 5.17. The molecule has 0 aliphatic rings. The van der Waals surface area contributed by atoms with E-state index in [2.05, 4.69) is 26.2 Å². The minimum Gasteiger partial charge on any atom is -0.451 e. The lowest BCUT2D eigenvalue weighted by atomic mass is 10.2. The Balaban J connectivity index is 1.92. The number of carbonyl (C=O) groups is 2. The Morgan fingerprint density at radius 3 is 2.64 bits per heavy atom. The van der Waals surface area contributed by atoms with Gasteiger partial charge in [-0.1, -0.05) is 6.07 Å². The van der Waals surface area contributed by atoms with Gasteiger partial charge in [-0.25, -0.2) is 9.78 Å². The zero-order valence-corrected chi connectivity index (χ0v) is 14.8. The molecule has 0 spiro atoms. The predicted molar refractivity (Wildman–Crippen MR) is 89.4 cm³/mol. The van der Waals surface area contributed by atoms with Crippen LogP contribution in [-0.2, 0) is 9.53 Å². The van der Waals surface area contributed by atoms with Crippen LogP contribution in [0.3, 0.4) is 0 Å². The Kier molecular flexibility index (Phi) is 5.31. The van der Waals surface area contributed by atoms with Crippen LogP contribution in [0.15, 0.2) is 22.7 Å². The fraction of sp³-hybridized carbons (Fsp3) is 0.267. The number of ether oxygens (including phenoxy) is 1. The molecular formula is C15H15BrN2O3S. The van der Waals surface area contributed by atoms with Crippen LogP contribution in [0.1, 0.15) is 25.9 Å². The largest absolute Gasteiger partial charge is 0.451 e. The molecule has 22 heavy (non-hydrogen) atoms. The van der Waals surface area contributed by atoms with Gasteiger partial charge in [0.1, 0.15) is 4.88 Å². The van der Waals surface area contributed by atoms with E-state index >= 15 is 0 Å². The van der Waals surface area contributed by atoms with E-state index in [1.165, 1.54) is 11.3 Å². The summed E-state index contributed by atoms with van der Waals surface area (Å²) in [6.07, 6.45) is 0. The summed E-state index contributed by atoms with van der Waals surface area (Å²) < 4.78 is 5.80. The summed E-state index contributed by atoms with van der Waals surface area (Å²) in [7, 11) is 0. The quantitative estimate of drug-likeness (QED) is 0.819. The molecule has 7 heteroatoms. The number of nitrogens with one attached hydrogen (secondary N) is 1. The van der Waals surface area contributed by atoms with Crippen molar-refractivity contribution in [2.24, 2.45) is 0 Å². The molecule has 1 aromatic heterocycles. The molecule has 0 radical (unpaired) electrons. The molecule has 1 aromatic carbocycles. The molecule has 0 aliphatic heterocycles. The van der Waals surface area contributed by atoms with Crippen molar-refractivity contribution >= 4 is 44.8 Å². The minimum absolute atomic E-state index is 0.338. The summed E-state index contributed by atoms with van der Waals surface area (Å²) >= 11 is 4.63. The second-order valence-corrected chi connectivity index (χ2v) is 6.81. The Hall–Kier alpha value is -1.73. The van der Waals surface area contributed by atoms with E-state index in [0.29, 0.717) is 16.3 Å². The molecule has 0 fully saturated rings. The maximum absolute atomic E-state index is 11.9. The van der Waals surface area contributed by atoms with Crippen molar-refractivity contribution in [2.45, 2.75) is 20.8 Å². The molecule has 5 nitrogen and oxygen atoms in total. The number of carbonyl (C=O) groups excluding carboxylic acids is 2. The first-order chi connectivity index (χ1) is 10.4. The molecule has 2 rings (SSSR count). The second-order valence-electron chi connectivity index (χ2n) is 4.76. The number of aryl methyl sites for hydroxylation is 3. The molecule has 1 amide bonds. The van der Waals surface area contributed by atoms with E-state index in [4.69, 9.17) is 4.74 Å². The SMILES string of the molecule is Cc1ccc(NC(=O)COC(=O)c2sc(C)nc2C)c(Br)c1. The Morgan fingerprint density at radius 2 is 2.05 bits per heavy atom. The Labute approximate surface area is 140 Å². The first-order valence-corrected chi connectivity index (χ1v) is 8.15. The van der Waals surface area contributed by atoms with Gasteiger partial charge < -0.3 is 10.1 Å². The zero-order chi connectivity index (χ0) is 16.3. The molecule has 0 atom stereocenters. The van der Waals surface area contributed by atoms with E-state index < -0.39 is 11.9 Å². The highest BCUT2D eigenvalue weighted by Crippen LogP contribution is 2.23. The van der Waals surface area contributed by atoms with Crippen LogP contribution < -0.4 is 5.32 Å². The van der Waals surface area contributed by atoms with E-state index in [9.17, 15) is 9.59 Å². The van der Waals surface area contributed by atoms with Gasteiger partial charge in [-0.3, -0.25) is 4.79 Å². The molecule has 116 valence electrons. The van der Waals surface area contributed by atoms with Gasteiger partial charge in [-0.15, -0.1) is 11.3 Å². The molecule has 1 N–H and O–H groups in total. The number of hydrogen-bond acceptors (Lipinski definition) is 5. The number of hydrogen-bond donors (Lipinski definition) is 1. The lowest BCUT2D eigenvalue weighted by molar-refractivity contribution is -0.119. The lowest BCUT2D eigenvalue weighted by Gasteiger charge is -2.08. The highest BCUT2D eigenvalue weighted by atomic mass is 79.9. The van der Waals surface area contributed by atoms with Crippen molar-refractivity contribution < 1.29 is 14.3 Å². The van der Waals surface area contributed by atoms with Gasteiger partial charge in [0.05, 0.1) is 16.4 Å². The van der Waals surface area contributed by atoms with Crippen molar-refractivity contribution in [3.05, 3.63) is 43.8 Å². The molecule has 0 saturated carbocycles. The third kappa shape index (κ3) is 4.14. The zero-order valence-electron chi connectivity index (χ0n) is 12.4. The fourth-order valence-corrected chi connectivity index (χ4v) is 3.23. The first kappa shape index (κ1) is 16.6. The molecule has 0 aliphatic carbocycles. The monoisotopic (exact) mass is 382 g/mol. The number of anilines is 1. The van der Waals surface area contributed by atoms with E-state index in [-0.39, 0.29) is 6.61 Å². The van der Waals surface area contributed by atoms with Crippen molar-refractivity contribution in [3.63, 3.8) is 0 Å². The van der Waals surface area contributed by atoms with Crippen molar-refractivity contribution in [1.82, 2.24) is 4.98 Å². The van der Waals surface area contributed by atoms with E-state index in [1.54, 1.807) is 13.0 Å². The first-order valence-electron chi connectivity index (χ1n) is 6.54. The van der Waals surface area contributed by atoms with Gasteiger partial charge >= 0.3 is 5.97 Å². The van der Waals surface area contributed by atoms with Crippen LogP contribution in [0.4, 0.5) is 5.69 Å². The average molecular weight is 383 g/mol. The van der Waals surface area contributed by atoms with Gasteiger partial charge in [0.2, 0.25) is 0 Å². The van der Waals surface area contributed by atoms with Crippen LogP contribution in [0.5, 0.6) is 0 Å². The molecule has 1 heterocycles. The van der Waals surface area contributed by atoms with Crippen LogP contribution in [0.25, 0.3) is 0 Å². The number of rotatable bonds is 4. The van der Waals surface area contributed by atoms with Crippen LogP contribution >= 0.6 is 27.3 Å². The number of amides is 1. The summed E-state index contributed by atoms with van der Waals surface area (Å²) in [5.41, 5.74) is 2.33. The highest BCUT2D eigenvalue weighted by molar-refractivity contribution is 9.10. The summed E-state index contributed by atoms with van der Waals surface area (Å²) in [5, 5.41) is 3.48. The Bertz CT molecular complexity index is 728. The van der Waals surface area contributed by atoms with Crippen LogP contribution in [0.2, 0.25) is 0 Å². The van der Waals surface area contributed by atoms with E-state index in [1.807, 2.05) is 26.0 Å². The minimum atomic E-state index is -0.527. The van der Waals surface area contributed by atoms with Gasteiger partial charge in [0.15, 0.2) is 6.61 Å². The second kappa shape index (κ2) is 7.02. The van der Waals surface area contributed by atoms with Gasteiger partial charge in [-0.2, -0.15) is 0 Å². The topological polar surface area (TPSA) is 68.3 Å². The number of benzene rings is 1. The Morgan fingerprint density at radius 1 is 1.32 bits per heavy atom. The summed E-state index contributed by atoms with van der Waals surface area (Å²) in [5.74, 6) is -0.919. The predicted octanol–water partition coefficient (Wildman–Crippen LogP) is 3.63. The van der Waals surface area contributed by atoms with E-state index in [0.717, 1.165) is 15.0 Å². The number of esters is 1. The lowest BCUT2D eigenvalue weighted by Crippen LogP contribution is -2.21. The molecule has 0 bridgehead atoms. The smallest absolute Gasteiger partial charge is 0.350 e. The number of nitrogens with zero attached hydrogens (tertiary/aromatic N) is 1. The third-order valence-electron chi connectivity index (χ3n) is 2.82. The highest BCUT2D eigenvalue weighted by Gasteiger charge is 2.17. The standard InChI is InChI=1S/C15H15BrN2O3S/c1-8-4-5-12(11(16)6-8)18-13(19)7-21-15(20)14-9(2)17-10(3)22-14/h4-6H,7H2,1-3H3,(H,18,19). The fourth-order valence-electron chi connectivity index (χ4n) is 1.83. The molecule has 0 saturated heterocycles. The summed E-state index contributed by atoms with van der Waals surface area (Å²) in [6, 6.07) is 5.57. The van der Waals surface area contributed by atoms with Crippen LogP contribution in [-0.4, -0.2) is 23.5 Å². The van der Waals surface area contributed by atoms with Gasteiger partial charge in [0.25, 0.3) is 5.91 Å². The van der Waals surface area contributed by atoms with Gasteiger partial charge in [-0.05, 0) is 54.4 Å². The number of aromatic nitrogens is 1. The normalized spacial score (nSPS) is 10.4. The average Bonchev–Trinajstić information content (AvgIpc) is 2.78. The molecular weight excluding hydrogens is 368 g/mol. The maximum Gasteiger partial charge on any atom is 0.350 e. The number of thiazole rings is 1. The van der Waals surface area contributed by atoms with Crippen molar-refractivity contribution in [3.8, 4) is 0 Å². The van der Waals surface area contributed by atoms with Crippen molar-refractivity contribution in [1.29, 1.82) is 0 Å². The van der Waals surface area contributed by atoms with Gasteiger partial charge in [0, 0.05) is 4.47 Å². The molecule has 0 unspecified atom stereocenters. The molecule has 2 aromatic rings. The van der Waals surface area contributed by atoms with Crippen LogP contribution in [0, 0.1) is 20.8 Å². The third-order valence-corrected chi connectivity index (χ3v) is 4.53. The summed E-state index contributed by atoms with van der Waals surface area (Å²) in [4.78, 5) is 28.4. The maximum atomic E-state index is 11.9. The van der Waals surface area contributed by atoms with Crippen molar-refractivity contribution in [2.75, 3.05) is 11.9 Å². The number of halogens is 1.